The van der Waals surface area contributed by atoms with E-state index in [-0.39, 0.29) is 0 Å². The number of halogens is 1. The van der Waals surface area contributed by atoms with E-state index in [4.69, 9.17) is 0 Å². The van der Waals surface area contributed by atoms with Gasteiger partial charge in [-0.15, -0.1) is 0 Å². The molecule has 2 aromatic carbocycles. The SMILES string of the molecule is Cc1cc(C)c(-c2cc3c(cc2Br)C(C)C=C3)c(C)c1. The van der Waals surface area contributed by atoms with E-state index < -0.39 is 0 Å². The average Bonchev–Trinajstić information content (AvgIpc) is 2.70. The topological polar surface area (TPSA) is 0 Å². The summed E-state index contributed by atoms with van der Waals surface area (Å²) in [7, 11) is 0. The lowest BCUT2D eigenvalue weighted by molar-refractivity contribution is 0.989. The largest absolute Gasteiger partial charge is 0.0767 e. The zero-order valence-corrected chi connectivity index (χ0v) is 14.0. The van der Waals surface area contributed by atoms with Crippen molar-refractivity contribution in [3.63, 3.8) is 0 Å². The Labute approximate surface area is 129 Å². The van der Waals surface area contributed by atoms with E-state index in [1.54, 1.807) is 0 Å². The molecule has 0 saturated carbocycles. The van der Waals surface area contributed by atoms with E-state index in [1.807, 2.05) is 0 Å². The summed E-state index contributed by atoms with van der Waals surface area (Å²) in [6.07, 6.45) is 4.52. The lowest BCUT2D eigenvalue weighted by Gasteiger charge is -2.16. The van der Waals surface area contributed by atoms with Crippen molar-refractivity contribution >= 4 is 22.0 Å². The molecule has 20 heavy (non-hydrogen) atoms. The van der Waals surface area contributed by atoms with Gasteiger partial charge in [-0.1, -0.05) is 52.7 Å². The molecule has 0 aromatic heterocycles. The maximum Gasteiger partial charge on any atom is 0.0257 e. The molecule has 1 unspecified atom stereocenters. The number of fused-ring (bicyclic) bond motifs is 1. The molecule has 0 nitrogen and oxygen atoms in total. The fraction of sp³-hybridized carbons (Fsp3) is 0.263. The van der Waals surface area contributed by atoms with Crippen LogP contribution in [0.5, 0.6) is 0 Å². The lowest BCUT2D eigenvalue weighted by Crippen LogP contribution is -1.94. The van der Waals surface area contributed by atoms with Crippen molar-refractivity contribution < 1.29 is 0 Å². The van der Waals surface area contributed by atoms with Gasteiger partial charge in [-0.25, -0.2) is 0 Å². The van der Waals surface area contributed by atoms with Crippen LogP contribution >= 0.6 is 15.9 Å². The minimum absolute atomic E-state index is 0.524. The molecule has 0 N–H and O–H groups in total. The monoisotopic (exact) mass is 326 g/mol. The first-order chi connectivity index (χ1) is 9.47. The second-order valence-corrected chi connectivity index (χ2v) is 6.74. The van der Waals surface area contributed by atoms with Crippen LogP contribution in [0.2, 0.25) is 0 Å². The molecular formula is C19H19Br. The van der Waals surface area contributed by atoms with Gasteiger partial charge in [0, 0.05) is 4.47 Å². The summed E-state index contributed by atoms with van der Waals surface area (Å²) < 4.78 is 1.20. The van der Waals surface area contributed by atoms with E-state index in [9.17, 15) is 0 Å². The van der Waals surface area contributed by atoms with Crippen LogP contribution in [0.3, 0.4) is 0 Å². The van der Waals surface area contributed by atoms with Crippen molar-refractivity contribution in [3.8, 4) is 11.1 Å². The molecule has 0 heterocycles. The Balaban J connectivity index is 2.24. The van der Waals surface area contributed by atoms with Crippen LogP contribution in [0.15, 0.2) is 34.8 Å². The zero-order chi connectivity index (χ0) is 14.4. The van der Waals surface area contributed by atoms with Gasteiger partial charge in [0.15, 0.2) is 0 Å². The molecule has 0 saturated heterocycles. The molecule has 3 rings (SSSR count). The molecule has 0 fully saturated rings. The molecule has 1 heteroatoms. The predicted octanol–water partition coefficient (Wildman–Crippen LogP) is 6.17. The fourth-order valence-corrected chi connectivity index (χ4v) is 3.85. The number of benzene rings is 2. The first-order valence-corrected chi connectivity index (χ1v) is 7.86. The van der Waals surface area contributed by atoms with Crippen LogP contribution in [0.25, 0.3) is 17.2 Å². The standard InChI is InChI=1S/C19H19Br/c1-11-7-13(3)19(14(4)8-11)17-9-15-6-5-12(2)16(15)10-18(17)20/h5-10,12H,1-4H3. The van der Waals surface area contributed by atoms with E-state index in [0.29, 0.717) is 5.92 Å². The molecule has 0 spiro atoms. The Kier molecular flexibility index (Phi) is 3.33. The van der Waals surface area contributed by atoms with Crippen molar-refractivity contribution in [1.29, 1.82) is 0 Å². The molecule has 102 valence electrons. The van der Waals surface area contributed by atoms with Gasteiger partial charge in [-0.05, 0) is 72.2 Å². The third-order valence-electron chi connectivity index (χ3n) is 4.17. The summed E-state index contributed by atoms with van der Waals surface area (Å²) in [5.74, 6) is 0.524. The third kappa shape index (κ3) is 2.14. The highest BCUT2D eigenvalue weighted by molar-refractivity contribution is 9.10. The molecular weight excluding hydrogens is 308 g/mol. The smallest absolute Gasteiger partial charge is 0.0257 e. The van der Waals surface area contributed by atoms with Gasteiger partial charge >= 0.3 is 0 Å². The van der Waals surface area contributed by atoms with Gasteiger partial charge in [0.25, 0.3) is 0 Å². The number of aryl methyl sites for hydroxylation is 3. The van der Waals surface area contributed by atoms with Crippen molar-refractivity contribution in [2.75, 3.05) is 0 Å². The Morgan fingerprint density at radius 1 is 0.950 bits per heavy atom. The van der Waals surface area contributed by atoms with Crippen LogP contribution in [-0.2, 0) is 0 Å². The normalized spacial score (nSPS) is 16.6. The van der Waals surface area contributed by atoms with E-state index in [0.717, 1.165) is 0 Å². The minimum Gasteiger partial charge on any atom is -0.0767 e. The summed E-state index contributed by atoms with van der Waals surface area (Å²) in [6.45, 7) is 8.81. The van der Waals surface area contributed by atoms with Gasteiger partial charge in [-0.3, -0.25) is 0 Å². The van der Waals surface area contributed by atoms with E-state index in [1.165, 1.54) is 43.4 Å². The van der Waals surface area contributed by atoms with Gasteiger partial charge in [0.1, 0.15) is 0 Å². The molecule has 0 amide bonds. The van der Waals surface area contributed by atoms with Crippen molar-refractivity contribution in [2.24, 2.45) is 0 Å². The quantitative estimate of drug-likeness (QED) is 0.587. The Morgan fingerprint density at radius 3 is 2.25 bits per heavy atom. The van der Waals surface area contributed by atoms with Gasteiger partial charge in [0.05, 0.1) is 0 Å². The number of allylic oxidation sites excluding steroid dienone is 1. The summed E-state index contributed by atoms with van der Waals surface area (Å²) in [4.78, 5) is 0. The molecule has 1 aliphatic carbocycles. The van der Waals surface area contributed by atoms with Crippen molar-refractivity contribution in [3.05, 3.63) is 62.6 Å². The second kappa shape index (κ2) is 4.89. The highest BCUT2D eigenvalue weighted by Gasteiger charge is 2.17. The average molecular weight is 327 g/mol. The highest BCUT2D eigenvalue weighted by Crippen LogP contribution is 2.40. The summed E-state index contributed by atoms with van der Waals surface area (Å²) >= 11 is 3.77. The number of rotatable bonds is 1. The van der Waals surface area contributed by atoms with Gasteiger partial charge in [-0.2, -0.15) is 0 Å². The van der Waals surface area contributed by atoms with Crippen LogP contribution in [0.4, 0.5) is 0 Å². The maximum absolute atomic E-state index is 3.77. The summed E-state index contributed by atoms with van der Waals surface area (Å²) in [6, 6.07) is 9.14. The highest BCUT2D eigenvalue weighted by atomic mass is 79.9. The third-order valence-corrected chi connectivity index (χ3v) is 4.83. The summed E-state index contributed by atoms with van der Waals surface area (Å²) in [5.41, 5.74) is 9.46. The molecule has 0 radical (unpaired) electrons. The van der Waals surface area contributed by atoms with Crippen molar-refractivity contribution in [1.82, 2.24) is 0 Å². The first-order valence-electron chi connectivity index (χ1n) is 7.07. The summed E-state index contributed by atoms with van der Waals surface area (Å²) in [5, 5.41) is 0. The lowest BCUT2D eigenvalue weighted by atomic mass is 9.91. The molecule has 1 aliphatic rings. The van der Waals surface area contributed by atoms with E-state index >= 15 is 0 Å². The Bertz CT molecular complexity index is 700. The van der Waals surface area contributed by atoms with Crippen molar-refractivity contribution in [2.45, 2.75) is 33.6 Å². The van der Waals surface area contributed by atoms with Gasteiger partial charge < -0.3 is 0 Å². The van der Waals surface area contributed by atoms with Crippen LogP contribution in [-0.4, -0.2) is 0 Å². The molecule has 0 aliphatic heterocycles. The molecule has 0 bridgehead atoms. The van der Waals surface area contributed by atoms with E-state index in [2.05, 4.69) is 80.0 Å². The maximum atomic E-state index is 3.77. The van der Waals surface area contributed by atoms with Crippen LogP contribution < -0.4 is 0 Å². The second-order valence-electron chi connectivity index (χ2n) is 5.88. The molecule has 1 atom stereocenters. The predicted molar refractivity (Wildman–Crippen MR) is 91.2 cm³/mol. The number of hydrogen-bond donors (Lipinski definition) is 0. The number of hydrogen-bond acceptors (Lipinski definition) is 0. The molecule has 2 aromatic rings. The Morgan fingerprint density at radius 2 is 1.60 bits per heavy atom. The minimum atomic E-state index is 0.524. The zero-order valence-electron chi connectivity index (χ0n) is 12.4. The fourth-order valence-electron chi connectivity index (χ4n) is 3.29. The van der Waals surface area contributed by atoms with Crippen LogP contribution in [0, 0.1) is 20.8 Å². The first kappa shape index (κ1) is 13.6. The van der Waals surface area contributed by atoms with Gasteiger partial charge in [0.2, 0.25) is 0 Å². The van der Waals surface area contributed by atoms with Crippen LogP contribution in [0.1, 0.15) is 40.7 Å². The Hall–Kier alpha value is -1.34.